The maximum atomic E-state index is 10.7. The smallest absolute Gasteiger partial charge is 0.218 e. The van der Waals surface area contributed by atoms with Gasteiger partial charge in [0.1, 0.15) is 0 Å². The van der Waals surface area contributed by atoms with E-state index in [-0.39, 0.29) is 11.9 Å². The van der Waals surface area contributed by atoms with Crippen LogP contribution in [0, 0.1) is 0 Å². The van der Waals surface area contributed by atoms with E-state index in [9.17, 15) is 4.79 Å². The van der Waals surface area contributed by atoms with Crippen molar-refractivity contribution in [3.63, 3.8) is 0 Å². The molecule has 16 heavy (non-hydrogen) atoms. The van der Waals surface area contributed by atoms with Crippen LogP contribution in [0.15, 0.2) is 24.3 Å². The van der Waals surface area contributed by atoms with Crippen molar-refractivity contribution in [2.45, 2.75) is 19.4 Å². The summed E-state index contributed by atoms with van der Waals surface area (Å²) >= 11 is 0. The van der Waals surface area contributed by atoms with Crippen LogP contribution in [0.3, 0.4) is 0 Å². The minimum Gasteiger partial charge on any atom is -0.399 e. The summed E-state index contributed by atoms with van der Waals surface area (Å²) in [6, 6.07) is 8.00. The Balaban J connectivity index is 2.62. The average Bonchev–Trinajstić information content (AvgIpc) is 2.24. The second-order valence-electron chi connectivity index (χ2n) is 4.04. The summed E-state index contributed by atoms with van der Waals surface area (Å²) in [6.07, 6.45) is 0.378. The lowest BCUT2D eigenvalue weighted by Gasteiger charge is -2.24. The van der Waals surface area contributed by atoms with E-state index in [0.29, 0.717) is 13.0 Å². The zero-order valence-electron chi connectivity index (χ0n) is 9.81. The van der Waals surface area contributed by atoms with E-state index in [1.54, 1.807) is 0 Å². The van der Waals surface area contributed by atoms with Gasteiger partial charge in [0.2, 0.25) is 5.91 Å². The maximum Gasteiger partial charge on any atom is 0.218 e. The highest BCUT2D eigenvalue weighted by Crippen LogP contribution is 2.20. The highest BCUT2D eigenvalue weighted by Gasteiger charge is 2.12. The van der Waals surface area contributed by atoms with Gasteiger partial charge in [-0.15, -0.1) is 0 Å². The minimum atomic E-state index is -0.272. The first-order chi connectivity index (χ1) is 7.50. The van der Waals surface area contributed by atoms with Gasteiger partial charge in [-0.25, -0.2) is 0 Å². The largest absolute Gasteiger partial charge is 0.399 e. The summed E-state index contributed by atoms with van der Waals surface area (Å²) < 4.78 is 0. The van der Waals surface area contributed by atoms with Crippen LogP contribution in [0.25, 0.3) is 0 Å². The Morgan fingerprint density at radius 3 is 2.75 bits per heavy atom. The van der Waals surface area contributed by atoms with Crippen molar-refractivity contribution in [3.8, 4) is 0 Å². The molecule has 0 bridgehead atoms. The number of primary amides is 1. The number of carbonyl (C=O) groups excluding carboxylic acids is 1. The lowest BCUT2D eigenvalue weighted by molar-refractivity contribution is -0.118. The number of amides is 1. The summed E-state index contributed by atoms with van der Waals surface area (Å²) in [7, 11) is 1.97. The molecule has 1 rings (SSSR count). The van der Waals surface area contributed by atoms with Crippen LogP contribution in [-0.4, -0.2) is 24.4 Å². The molecule has 0 radical (unpaired) electrons. The molecule has 0 aliphatic heterocycles. The van der Waals surface area contributed by atoms with Gasteiger partial charge in [0, 0.05) is 24.7 Å². The third kappa shape index (κ3) is 3.55. The minimum absolute atomic E-state index is 0.225. The predicted molar refractivity (Wildman–Crippen MR) is 65.7 cm³/mol. The number of carbonyl (C=O) groups is 1. The first kappa shape index (κ1) is 12.5. The highest BCUT2D eigenvalue weighted by molar-refractivity contribution is 5.73. The Labute approximate surface area is 96.2 Å². The molecular weight excluding hydrogens is 202 g/mol. The standard InChI is InChI=1S/C12H19N3O/c1-9(15(2)7-6-12(14)16)10-4-3-5-11(13)8-10/h3-5,8-9H,6-7,13H2,1-2H3,(H2,14,16). The Morgan fingerprint density at radius 1 is 1.50 bits per heavy atom. The van der Waals surface area contributed by atoms with Crippen molar-refractivity contribution in [2.75, 3.05) is 19.3 Å². The van der Waals surface area contributed by atoms with Crippen molar-refractivity contribution >= 4 is 11.6 Å². The van der Waals surface area contributed by atoms with Crippen LogP contribution >= 0.6 is 0 Å². The Kier molecular flexibility index (Phi) is 4.31. The van der Waals surface area contributed by atoms with Gasteiger partial charge in [-0.05, 0) is 31.7 Å². The zero-order valence-corrected chi connectivity index (χ0v) is 9.81. The number of rotatable bonds is 5. The molecule has 88 valence electrons. The normalized spacial score (nSPS) is 12.7. The molecule has 0 aliphatic carbocycles. The number of hydrogen-bond donors (Lipinski definition) is 2. The van der Waals surface area contributed by atoms with Gasteiger partial charge in [-0.3, -0.25) is 9.69 Å². The summed E-state index contributed by atoms with van der Waals surface area (Å²) in [6.45, 7) is 2.74. The molecule has 0 saturated carbocycles. The fraction of sp³-hybridized carbons (Fsp3) is 0.417. The average molecular weight is 221 g/mol. The summed E-state index contributed by atoms with van der Waals surface area (Å²) in [4.78, 5) is 12.8. The van der Waals surface area contributed by atoms with Gasteiger partial charge in [-0.1, -0.05) is 12.1 Å². The molecule has 0 saturated heterocycles. The zero-order chi connectivity index (χ0) is 12.1. The topological polar surface area (TPSA) is 72.3 Å². The molecule has 1 atom stereocenters. The SMILES string of the molecule is CC(c1cccc(N)c1)N(C)CCC(N)=O. The molecule has 0 fully saturated rings. The van der Waals surface area contributed by atoms with Crippen molar-refractivity contribution < 1.29 is 4.79 Å². The van der Waals surface area contributed by atoms with Crippen LogP contribution < -0.4 is 11.5 Å². The van der Waals surface area contributed by atoms with E-state index in [4.69, 9.17) is 11.5 Å². The van der Waals surface area contributed by atoms with Gasteiger partial charge in [0.25, 0.3) is 0 Å². The molecule has 1 unspecified atom stereocenters. The van der Waals surface area contributed by atoms with Crippen molar-refractivity contribution in [1.82, 2.24) is 4.90 Å². The molecular formula is C12H19N3O. The van der Waals surface area contributed by atoms with Crippen LogP contribution in [0.1, 0.15) is 24.9 Å². The number of nitrogens with two attached hydrogens (primary N) is 2. The third-order valence-corrected chi connectivity index (χ3v) is 2.77. The fourth-order valence-electron chi connectivity index (χ4n) is 1.55. The molecule has 0 heterocycles. The Morgan fingerprint density at radius 2 is 2.19 bits per heavy atom. The molecule has 0 spiro atoms. The van der Waals surface area contributed by atoms with Crippen molar-refractivity contribution in [1.29, 1.82) is 0 Å². The van der Waals surface area contributed by atoms with E-state index in [0.717, 1.165) is 11.3 Å². The quantitative estimate of drug-likeness (QED) is 0.732. The molecule has 0 aliphatic rings. The highest BCUT2D eigenvalue weighted by atomic mass is 16.1. The van der Waals surface area contributed by atoms with E-state index >= 15 is 0 Å². The summed E-state index contributed by atoms with van der Waals surface area (Å²) in [5, 5.41) is 0. The van der Waals surface area contributed by atoms with Crippen LogP contribution in [-0.2, 0) is 4.79 Å². The predicted octanol–water partition coefficient (Wildman–Crippen LogP) is 1.14. The number of anilines is 1. The second-order valence-corrected chi connectivity index (χ2v) is 4.04. The van der Waals surface area contributed by atoms with Gasteiger partial charge < -0.3 is 11.5 Å². The van der Waals surface area contributed by atoms with Crippen LogP contribution in [0.5, 0.6) is 0 Å². The van der Waals surface area contributed by atoms with Gasteiger partial charge in [0.05, 0.1) is 0 Å². The molecule has 1 aromatic carbocycles. The number of hydrogen-bond acceptors (Lipinski definition) is 3. The van der Waals surface area contributed by atoms with Crippen molar-refractivity contribution in [2.24, 2.45) is 5.73 Å². The number of nitrogen functional groups attached to an aromatic ring is 1. The lowest BCUT2D eigenvalue weighted by atomic mass is 10.1. The van der Waals surface area contributed by atoms with E-state index < -0.39 is 0 Å². The van der Waals surface area contributed by atoms with Gasteiger partial charge in [-0.2, -0.15) is 0 Å². The third-order valence-electron chi connectivity index (χ3n) is 2.77. The van der Waals surface area contributed by atoms with Gasteiger partial charge >= 0.3 is 0 Å². The van der Waals surface area contributed by atoms with Crippen LogP contribution in [0.2, 0.25) is 0 Å². The Bertz CT molecular complexity index is 365. The molecule has 1 amide bonds. The van der Waals surface area contributed by atoms with E-state index in [1.807, 2.05) is 31.3 Å². The lowest BCUT2D eigenvalue weighted by Crippen LogP contribution is -2.27. The molecule has 4 N–H and O–H groups in total. The molecule has 4 heteroatoms. The van der Waals surface area contributed by atoms with Crippen LogP contribution in [0.4, 0.5) is 5.69 Å². The first-order valence-corrected chi connectivity index (χ1v) is 5.34. The van der Waals surface area contributed by atoms with Crippen molar-refractivity contribution in [3.05, 3.63) is 29.8 Å². The monoisotopic (exact) mass is 221 g/mol. The van der Waals surface area contributed by atoms with Gasteiger partial charge in [0.15, 0.2) is 0 Å². The van der Waals surface area contributed by atoms with E-state index in [2.05, 4.69) is 11.8 Å². The summed E-state index contributed by atoms with van der Waals surface area (Å²) in [5.41, 5.74) is 12.7. The number of benzene rings is 1. The molecule has 0 aromatic heterocycles. The fourth-order valence-corrected chi connectivity index (χ4v) is 1.55. The Hall–Kier alpha value is -1.55. The van der Waals surface area contributed by atoms with E-state index in [1.165, 1.54) is 0 Å². The first-order valence-electron chi connectivity index (χ1n) is 5.34. The molecule has 1 aromatic rings. The maximum absolute atomic E-state index is 10.7. The number of nitrogens with zero attached hydrogens (tertiary/aromatic N) is 1. The second kappa shape index (κ2) is 5.51. The summed E-state index contributed by atoms with van der Waals surface area (Å²) in [5.74, 6) is -0.272. The molecule has 4 nitrogen and oxygen atoms in total.